The van der Waals surface area contributed by atoms with Gasteiger partial charge in [0.2, 0.25) is 0 Å². The van der Waals surface area contributed by atoms with Crippen molar-refractivity contribution in [3.8, 4) is 0 Å². The largest absolute Gasteiger partial charge is 0.326 e. The van der Waals surface area contributed by atoms with E-state index in [1.54, 1.807) is 6.07 Å². The number of nitrogens with one attached hydrogen (secondary N) is 1. The molecule has 6 heteroatoms. The first-order valence-corrected chi connectivity index (χ1v) is 10.2. The summed E-state index contributed by atoms with van der Waals surface area (Å²) in [5, 5.41) is 2.98. The van der Waals surface area contributed by atoms with E-state index in [0.29, 0.717) is 5.56 Å². The van der Waals surface area contributed by atoms with E-state index in [1.807, 2.05) is 30.3 Å². The van der Waals surface area contributed by atoms with Gasteiger partial charge in [0.25, 0.3) is 5.91 Å². The van der Waals surface area contributed by atoms with Crippen LogP contribution in [-0.4, -0.2) is 33.4 Å². The number of hydrogen-bond acceptors (Lipinski definition) is 3. The summed E-state index contributed by atoms with van der Waals surface area (Å²) in [6.45, 7) is 6.30. The molecule has 3 aromatic rings. The van der Waals surface area contributed by atoms with Gasteiger partial charge in [-0.05, 0) is 49.4 Å². The number of imidazole rings is 1. The second kappa shape index (κ2) is 7.82. The van der Waals surface area contributed by atoms with Crippen molar-refractivity contribution >= 4 is 38.6 Å². The molecular weight excluding hydrogens is 404 g/mol. The second-order valence-corrected chi connectivity index (χ2v) is 7.89. The maximum atomic E-state index is 12.5. The molecule has 4 rings (SSSR count). The minimum Gasteiger partial charge on any atom is -0.326 e. The predicted molar refractivity (Wildman–Crippen MR) is 112 cm³/mol. The predicted octanol–water partition coefficient (Wildman–Crippen LogP) is 4.67. The average Bonchev–Trinajstić information content (AvgIpc) is 3.03. The molecular formula is C21H23BrN4O. The highest BCUT2D eigenvalue weighted by atomic mass is 79.9. The van der Waals surface area contributed by atoms with Crippen LogP contribution in [0.25, 0.3) is 11.0 Å². The van der Waals surface area contributed by atoms with E-state index in [0.717, 1.165) is 53.2 Å². The summed E-state index contributed by atoms with van der Waals surface area (Å²) in [6, 6.07) is 13.4. The van der Waals surface area contributed by atoms with Crippen molar-refractivity contribution in [3.05, 3.63) is 58.3 Å². The number of rotatable bonds is 5. The zero-order chi connectivity index (χ0) is 18.8. The molecule has 2 aromatic carbocycles. The van der Waals surface area contributed by atoms with E-state index in [2.05, 4.69) is 43.7 Å². The number of carbonyl (C=O) groups excluding carboxylic acids is 1. The number of aromatic nitrogens is 2. The lowest BCUT2D eigenvalue weighted by atomic mass is 10.2. The first-order valence-electron chi connectivity index (χ1n) is 9.42. The quantitative estimate of drug-likeness (QED) is 0.644. The molecule has 0 unspecified atom stereocenters. The molecule has 140 valence electrons. The molecule has 1 aliphatic rings. The second-order valence-electron chi connectivity index (χ2n) is 6.98. The zero-order valence-corrected chi connectivity index (χ0v) is 17.0. The Balaban J connectivity index is 1.54. The van der Waals surface area contributed by atoms with E-state index in [-0.39, 0.29) is 5.91 Å². The first kappa shape index (κ1) is 18.2. The minimum atomic E-state index is -0.120. The Kier molecular flexibility index (Phi) is 5.27. The molecule has 1 N–H and O–H groups in total. The van der Waals surface area contributed by atoms with Crippen molar-refractivity contribution in [2.45, 2.75) is 32.9 Å². The Morgan fingerprint density at radius 1 is 1.22 bits per heavy atom. The number of carbonyl (C=O) groups is 1. The summed E-state index contributed by atoms with van der Waals surface area (Å²) in [4.78, 5) is 19.8. The third-order valence-electron chi connectivity index (χ3n) is 5.00. The fourth-order valence-electron chi connectivity index (χ4n) is 3.55. The van der Waals surface area contributed by atoms with Crippen molar-refractivity contribution in [1.82, 2.24) is 14.5 Å². The zero-order valence-electron chi connectivity index (χ0n) is 15.4. The number of hydrogen-bond donors (Lipinski definition) is 1. The molecule has 5 nitrogen and oxygen atoms in total. The van der Waals surface area contributed by atoms with E-state index in [4.69, 9.17) is 4.98 Å². The summed E-state index contributed by atoms with van der Waals surface area (Å²) in [5.41, 5.74) is 3.47. The number of amides is 1. The third kappa shape index (κ3) is 3.92. The number of benzene rings is 2. The fourth-order valence-corrected chi connectivity index (χ4v) is 3.95. The Labute approximate surface area is 167 Å². The lowest BCUT2D eigenvalue weighted by Gasteiger charge is -2.27. The smallest absolute Gasteiger partial charge is 0.255 e. The van der Waals surface area contributed by atoms with Crippen molar-refractivity contribution < 1.29 is 4.79 Å². The standard InChI is InChI=1S/C21H23BrN4O/c1-2-3-9-25-10-11-26-19-8-7-17(13-18(19)24-20(26)14-25)23-21(27)15-5-4-6-16(22)12-15/h4-8,12-13H,2-3,9-11,14H2,1H3,(H,23,27). The normalized spacial score (nSPS) is 14.3. The molecule has 0 bridgehead atoms. The molecule has 0 saturated heterocycles. The maximum Gasteiger partial charge on any atom is 0.255 e. The molecule has 1 aromatic heterocycles. The fraction of sp³-hybridized carbons (Fsp3) is 0.333. The Bertz CT molecular complexity index is 981. The highest BCUT2D eigenvalue weighted by molar-refractivity contribution is 9.10. The number of anilines is 1. The number of halogens is 1. The van der Waals surface area contributed by atoms with Crippen LogP contribution in [0.2, 0.25) is 0 Å². The summed E-state index contributed by atoms with van der Waals surface area (Å²) < 4.78 is 3.19. The lowest BCUT2D eigenvalue weighted by molar-refractivity contribution is 0.102. The number of fused-ring (bicyclic) bond motifs is 3. The maximum absolute atomic E-state index is 12.5. The van der Waals surface area contributed by atoms with Crippen molar-refractivity contribution in [2.24, 2.45) is 0 Å². The Hall–Kier alpha value is -2.18. The van der Waals surface area contributed by atoms with E-state index in [1.165, 1.54) is 12.8 Å². The van der Waals surface area contributed by atoms with Crippen LogP contribution in [0.1, 0.15) is 35.9 Å². The van der Waals surface area contributed by atoms with Gasteiger partial charge in [-0.15, -0.1) is 0 Å². The van der Waals surface area contributed by atoms with Gasteiger partial charge in [-0.1, -0.05) is 35.3 Å². The third-order valence-corrected chi connectivity index (χ3v) is 5.50. The van der Waals surface area contributed by atoms with Crippen molar-refractivity contribution in [3.63, 3.8) is 0 Å². The van der Waals surface area contributed by atoms with E-state index >= 15 is 0 Å². The summed E-state index contributed by atoms with van der Waals surface area (Å²) in [7, 11) is 0. The van der Waals surface area contributed by atoms with Gasteiger partial charge in [0.1, 0.15) is 5.82 Å². The van der Waals surface area contributed by atoms with Gasteiger partial charge in [-0.25, -0.2) is 4.98 Å². The van der Waals surface area contributed by atoms with Crippen LogP contribution in [-0.2, 0) is 13.1 Å². The van der Waals surface area contributed by atoms with Crippen LogP contribution in [0, 0.1) is 0 Å². The molecule has 0 aliphatic carbocycles. The van der Waals surface area contributed by atoms with Crippen LogP contribution in [0.3, 0.4) is 0 Å². The molecule has 0 spiro atoms. The van der Waals surface area contributed by atoms with Crippen molar-refractivity contribution in [2.75, 3.05) is 18.4 Å². The van der Waals surface area contributed by atoms with Gasteiger partial charge in [0.05, 0.1) is 17.6 Å². The summed E-state index contributed by atoms with van der Waals surface area (Å²) in [6.07, 6.45) is 2.44. The Morgan fingerprint density at radius 2 is 2.11 bits per heavy atom. The van der Waals surface area contributed by atoms with E-state index in [9.17, 15) is 4.79 Å². The van der Waals surface area contributed by atoms with Crippen LogP contribution in [0.4, 0.5) is 5.69 Å². The van der Waals surface area contributed by atoms with Gasteiger partial charge in [0.15, 0.2) is 0 Å². The van der Waals surface area contributed by atoms with Crippen LogP contribution in [0.15, 0.2) is 46.9 Å². The van der Waals surface area contributed by atoms with Crippen LogP contribution >= 0.6 is 15.9 Å². The summed E-state index contributed by atoms with van der Waals surface area (Å²) >= 11 is 3.40. The van der Waals surface area contributed by atoms with Crippen LogP contribution in [0.5, 0.6) is 0 Å². The highest BCUT2D eigenvalue weighted by Gasteiger charge is 2.20. The number of nitrogens with zero attached hydrogens (tertiary/aromatic N) is 3. The molecule has 0 saturated carbocycles. The molecule has 0 fully saturated rings. The van der Waals surface area contributed by atoms with Gasteiger partial charge in [-0.2, -0.15) is 0 Å². The van der Waals surface area contributed by atoms with Gasteiger partial charge >= 0.3 is 0 Å². The van der Waals surface area contributed by atoms with Gasteiger partial charge < -0.3 is 9.88 Å². The molecule has 27 heavy (non-hydrogen) atoms. The monoisotopic (exact) mass is 426 g/mol. The van der Waals surface area contributed by atoms with Gasteiger partial charge in [-0.3, -0.25) is 9.69 Å². The van der Waals surface area contributed by atoms with E-state index < -0.39 is 0 Å². The average molecular weight is 427 g/mol. The molecule has 1 amide bonds. The van der Waals surface area contributed by atoms with Crippen molar-refractivity contribution in [1.29, 1.82) is 0 Å². The summed E-state index contributed by atoms with van der Waals surface area (Å²) in [5.74, 6) is 0.994. The molecule has 0 radical (unpaired) electrons. The molecule has 0 atom stereocenters. The first-order chi connectivity index (χ1) is 13.1. The SMILES string of the molecule is CCCCN1CCn2c(nc3cc(NC(=O)c4cccc(Br)c4)ccc32)C1. The molecule has 1 aliphatic heterocycles. The topological polar surface area (TPSA) is 50.2 Å². The lowest BCUT2D eigenvalue weighted by Crippen LogP contribution is -2.34. The number of unbranched alkanes of at least 4 members (excludes halogenated alkanes) is 1. The highest BCUT2D eigenvalue weighted by Crippen LogP contribution is 2.24. The molecule has 2 heterocycles. The van der Waals surface area contributed by atoms with Gasteiger partial charge in [0, 0.05) is 28.8 Å². The minimum absolute atomic E-state index is 0.120. The Morgan fingerprint density at radius 3 is 2.93 bits per heavy atom. The van der Waals surface area contributed by atoms with Crippen LogP contribution < -0.4 is 5.32 Å².